The van der Waals surface area contributed by atoms with E-state index in [-0.39, 0.29) is 0 Å². The molecule has 0 saturated carbocycles. The van der Waals surface area contributed by atoms with Crippen molar-refractivity contribution in [1.29, 1.82) is 0 Å². The highest BCUT2D eigenvalue weighted by Crippen LogP contribution is 2.37. The van der Waals surface area contributed by atoms with Crippen molar-refractivity contribution < 1.29 is 8.78 Å². The highest BCUT2D eigenvalue weighted by molar-refractivity contribution is 6.00. The van der Waals surface area contributed by atoms with E-state index in [4.69, 9.17) is 0 Å². The zero-order valence-electron chi connectivity index (χ0n) is 17.8. The summed E-state index contributed by atoms with van der Waals surface area (Å²) in [5, 5.41) is 2.28. The van der Waals surface area contributed by atoms with E-state index in [2.05, 4.69) is 68.2 Å². The molecule has 1 atom stereocenters. The zero-order valence-corrected chi connectivity index (χ0v) is 17.8. The maximum absolute atomic E-state index is 13.6. The van der Waals surface area contributed by atoms with E-state index >= 15 is 0 Å². The first-order chi connectivity index (χ1) is 15.1. The van der Waals surface area contributed by atoms with Crippen LogP contribution in [-0.4, -0.2) is 0 Å². The molecular formula is C29H24F2. The maximum Gasteiger partial charge on any atom is 0.160 e. The minimum Gasteiger partial charge on any atom is -0.204 e. The van der Waals surface area contributed by atoms with Gasteiger partial charge in [0.15, 0.2) is 11.6 Å². The summed E-state index contributed by atoms with van der Waals surface area (Å²) in [5.74, 6) is 4.92. The molecule has 0 fully saturated rings. The van der Waals surface area contributed by atoms with E-state index in [1.54, 1.807) is 0 Å². The second kappa shape index (κ2) is 9.14. The molecule has 31 heavy (non-hydrogen) atoms. The fourth-order valence-electron chi connectivity index (χ4n) is 4.12. The van der Waals surface area contributed by atoms with Crippen molar-refractivity contribution >= 4 is 10.8 Å². The molecule has 0 aromatic heterocycles. The smallest absolute Gasteiger partial charge is 0.160 e. The molecule has 0 aliphatic rings. The van der Waals surface area contributed by atoms with Crippen LogP contribution in [0.5, 0.6) is 0 Å². The average molecular weight is 411 g/mol. The van der Waals surface area contributed by atoms with Crippen LogP contribution < -0.4 is 0 Å². The third kappa shape index (κ3) is 4.37. The van der Waals surface area contributed by atoms with Crippen molar-refractivity contribution in [3.05, 3.63) is 107 Å². The van der Waals surface area contributed by atoms with Gasteiger partial charge in [-0.15, -0.1) is 0 Å². The quantitative estimate of drug-likeness (QED) is 0.298. The van der Waals surface area contributed by atoms with Crippen LogP contribution in [0.15, 0.2) is 78.9 Å². The summed E-state index contributed by atoms with van der Waals surface area (Å²) in [6.45, 7) is 4.47. The van der Waals surface area contributed by atoms with Gasteiger partial charge in [0.05, 0.1) is 0 Å². The Kier molecular flexibility index (Phi) is 6.14. The molecule has 0 saturated heterocycles. The molecule has 0 bridgehead atoms. The van der Waals surface area contributed by atoms with E-state index in [1.807, 2.05) is 18.2 Å². The molecule has 0 heterocycles. The molecule has 0 N–H and O–H groups in total. The SMILES string of the molecule is CCCC(C)c1ccccc1-c1c(C#Cc2ccc(F)c(F)c2)ccc2ccccc12. The fraction of sp³-hybridized carbons (Fsp3) is 0.172. The number of hydrogen-bond acceptors (Lipinski definition) is 0. The molecule has 0 spiro atoms. The first-order valence-electron chi connectivity index (χ1n) is 10.7. The van der Waals surface area contributed by atoms with Crippen LogP contribution in [-0.2, 0) is 0 Å². The lowest BCUT2D eigenvalue weighted by Crippen LogP contribution is -1.98. The molecule has 4 aromatic carbocycles. The molecule has 1 unspecified atom stereocenters. The van der Waals surface area contributed by atoms with Crippen LogP contribution >= 0.6 is 0 Å². The Labute approximate surface area is 182 Å². The van der Waals surface area contributed by atoms with Crippen LogP contribution in [0.2, 0.25) is 0 Å². The van der Waals surface area contributed by atoms with Gasteiger partial charge in [-0.3, -0.25) is 0 Å². The Hall–Kier alpha value is -3.44. The topological polar surface area (TPSA) is 0 Å². The Morgan fingerprint density at radius 2 is 1.58 bits per heavy atom. The minimum absolute atomic E-state index is 0.423. The lowest BCUT2D eigenvalue weighted by atomic mass is 9.85. The van der Waals surface area contributed by atoms with Gasteiger partial charge in [0.2, 0.25) is 0 Å². The monoisotopic (exact) mass is 410 g/mol. The largest absolute Gasteiger partial charge is 0.204 e. The van der Waals surface area contributed by atoms with Gasteiger partial charge in [-0.25, -0.2) is 8.78 Å². The molecule has 0 aliphatic heterocycles. The molecule has 0 amide bonds. The van der Waals surface area contributed by atoms with Crippen LogP contribution in [0.3, 0.4) is 0 Å². The standard InChI is InChI=1S/C29H24F2/c1-3-8-20(2)24-10-6-7-12-26(24)29-23(17-16-22-9-4-5-11-25(22)29)15-13-21-14-18-27(30)28(31)19-21/h4-7,9-12,14,16-20H,3,8H2,1-2H3. The fourth-order valence-corrected chi connectivity index (χ4v) is 4.12. The van der Waals surface area contributed by atoms with Gasteiger partial charge in [0.1, 0.15) is 0 Å². The van der Waals surface area contributed by atoms with Crippen LogP contribution in [0.4, 0.5) is 8.78 Å². The van der Waals surface area contributed by atoms with Crippen LogP contribution in [0, 0.1) is 23.5 Å². The summed E-state index contributed by atoms with van der Waals surface area (Å²) < 4.78 is 26.9. The number of hydrogen-bond donors (Lipinski definition) is 0. The number of fused-ring (bicyclic) bond motifs is 1. The summed E-state index contributed by atoms with van der Waals surface area (Å²) in [5.41, 5.74) is 4.89. The maximum atomic E-state index is 13.6. The zero-order chi connectivity index (χ0) is 21.8. The van der Waals surface area contributed by atoms with Gasteiger partial charge < -0.3 is 0 Å². The molecule has 0 aliphatic carbocycles. The predicted molar refractivity (Wildman–Crippen MR) is 125 cm³/mol. The van der Waals surface area contributed by atoms with Gasteiger partial charge in [0.25, 0.3) is 0 Å². The van der Waals surface area contributed by atoms with E-state index in [0.717, 1.165) is 46.9 Å². The first-order valence-corrected chi connectivity index (χ1v) is 10.7. The lowest BCUT2D eigenvalue weighted by molar-refractivity contribution is 0.508. The van der Waals surface area contributed by atoms with Crippen LogP contribution in [0.25, 0.3) is 21.9 Å². The summed E-state index contributed by atoms with van der Waals surface area (Å²) in [6.07, 6.45) is 2.23. The second-order valence-corrected chi connectivity index (χ2v) is 7.87. The van der Waals surface area contributed by atoms with Crippen LogP contribution in [0.1, 0.15) is 49.3 Å². The average Bonchev–Trinajstić information content (AvgIpc) is 2.79. The van der Waals surface area contributed by atoms with Gasteiger partial charge in [-0.1, -0.05) is 86.7 Å². The summed E-state index contributed by atoms with van der Waals surface area (Å²) >= 11 is 0. The predicted octanol–water partition coefficient (Wildman–Crippen LogP) is 8.09. The normalized spacial score (nSPS) is 11.7. The van der Waals surface area contributed by atoms with E-state index in [1.165, 1.54) is 17.2 Å². The second-order valence-electron chi connectivity index (χ2n) is 7.87. The van der Waals surface area contributed by atoms with Crippen molar-refractivity contribution in [2.75, 3.05) is 0 Å². The van der Waals surface area contributed by atoms with E-state index in [9.17, 15) is 8.78 Å². The Bertz CT molecular complexity index is 1290. The molecule has 154 valence electrons. The van der Waals surface area contributed by atoms with Crippen molar-refractivity contribution in [1.82, 2.24) is 0 Å². The molecule has 4 rings (SSSR count). The van der Waals surface area contributed by atoms with Gasteiger partial charge in [-0.05, 0) is 58.5 Å². The summed E-state index contributed by atoms with van der Waals surface area (Å²) in [7, 11) is 0. The Morgan fingerprint density at radius 1 is 0.806 bits per heavy atom. The molecular weight excluding hydrogens is 386 g/mol. The van der Waals surface area contributed by atoms with Crippen molar-refractivity contribution in [2.45, 2.75) is 32.6 Å². The summed E-state index contributed by atoms with van der Waals surface area (Å²) in [6, 6.07) is 24.6. The van der Waals surface area contributed by atoms with Crippen molar-refractivity contribution in [3.63, 3.8) is 0 Å². The highest BCUT2D eigenvalue weighted by Gasteiger charge is 2.16. The van der Waals surface area contributed by atoms with Crippen molar-refractivity contribution in [3.8, 4) is 23.0 Å². The molecule has 0 radical (unpaired) electrons. The first kappa shape index (κ1) is 20.8. The third-order valence-electron chi connectivity index (χ3n) is 5.67. The van der Waals surface area contributed by atoms with Crippen molar-refractivity contribution in [2.24, 2.45) is 0 Å². The number of halogens is 2. The summed E-state index contributed by atoms with van der Waals surface area (Å²) in [4.78, 5) is 0. The van der Waals surface area contributed by atoms with Gasteiger partial charge >= 0.3 is 0 Å². The third-order valence-corrected chi connectivity index (χ3v) is 5.67. The number of rotatable bonds is 4. The molecule has 2 heteroatoms. The molecule has 0 nitrogen and oxygen atoms in total. The Morgan fingerprint density at radius 3 is 2.39 bits per heavy atom. The minimum atomic E-state index is -0.885. The van der Waals surface area contributed by atoms with E-state index in [0.29, 0.717) is 11.5 Å². The van der Waals surface area contributed by atoms with Gasteiger partial charge in [-0.2, -0.15) is 0 Å². The van der Waals surface area contributed by atoms with Gasteiger partial charge in [0, 0.05) is 16.7 Å². The lowest BCUT2D eigenvalue weighted by Gasteiger charge is -2.18. The Balaban J connectivity index is 1.93. The number of benzene rings is 4. The van der Waals surface area contributed by atoms with E-state index < -0.39 is 11.6 Å². The molecule has 4 aromatic rings. The highest BCUT2D eigenvalue weighted by atomic mass is 19.2.